The van der Waals surface area contributed by atoms with Gasteiger partial charge in [-0.1, -0.05) is 42.4 Å². The van der Waals surface area contributed by atoms with E-state index in [1.165, 1.54) is 5.56 Å². The van der Waals surface area contributed by atoms with E-state index in [0.29, 0.717) is 11.5 Å². The predicted octanol–water partition coefficient (Wildman–Crippen LogP) is 2.66. The highest BCUT2D eigenvalue weighted by Gasteiger charge is 2.50. The van der Waals surface area contributed by atoms with E-state index in [1.54, 1.807) is 31.3 Å². The van der Waals surface area contributed by atoms with E-state index in [0.717, 1.165) is 16.9 Å². The maximum atomic E-state index is 12.9. The lowest BCUT2D eigenvalue weighted by Crippen LogP contribution is -2.41. The number of hydrogen-bond donors (Lipinski definition) is 1. The lowest BCUT2D eigenvalue weighted by Gasteiger charge is -2.20. The van der Waals surface area contributed by atoms with Gasteiger partial charge >= 0.3 is 6.03 Å². The number of aryl methyl sites for hydroxylation is 1. The molecule has 1 fully saturated rings. The summed E-state index contributed by atoms with van der Waals surface area (Å²) in [6.07, 6.45) is 2.52. The van der Waals surface area contributed by atoms with Crippen LogP contribution in [0.3, 0.4) is 0 Å². The van der Waals surface area contributed by atoms with E-state index < -0.39 is 17.5 Å². The number of hydrogen-bond acceptors (Lipinski definition) is 6. The van der Waals surface area contributed by atoms with Crippen molar-refractivity contribution in [1.29, 1.82) is 0 Å². The van der Waals surface area contributed by atoms with Crippen molar-refractivity contribution in [2.75, 3.05) is 0 Å². The lowest BCUT2D eigenvalue weighted by atomic mass is 9.97. The molecule has 28 heavy (non-hydrogen) atoms. The summed E-state index contributed by atoms with van der Waals surface area (Å²) in [5.74, 6) is 0.184. The number of aromatic nitrogens is 3. The second kappa shape index (κ2) is 6.88. The molecule has 0 radical (unpaired) electrons. The minimum atomic E-state index is -1.23. The van der Waals surface area contributed by atoms with Gasteiger partial charge in [-0.25, -0.2) is 4.79 Å². The Morgan fingerprint density at radius 1 is 1.14 bits per heavy atom. The third kappa shape index (κ3) is 3.02. The fourth-order valence-electron chi connectivity index (χ4n) is 3.13. The number of urea groups is 1. The Kier molecular flexibility index (Phi) is 4.38. The van der Waals surface area contributed by atoms with Crippen LogP contribution in [-0.4, -0.2) is 32.0 Å². The Morgan fingerprint density at radius 2 is 1.93 bits per heavy atom. The molecule has 142 valence electrons. The van der Waals surface area contributed by atoms with Crippen LogP contribution in [0.1, 0.15) is 31.0 Å². The smallest absolute Gasteiger partial charge is 0.325 e. The van der Waals surface area contributed by atoms with Crippen molar-refractivity contribution >= 4 is 11.9 Å². The minimum Gasteiger partial charge on any atom is -0.337 e. The van der Waals surface area contributed by atoms with Crippen LogP contribution in [0.15, 0.2) is 53.2 Å². The third-order valence-corrected chi connectivity index (χ3v) is 4.83. The quantitative estimate of drug-likeness (QED) is 0.686. The van der Waals surface area contributed by atoms with Crippen LogP contribution in [0.25, 0.3) is 11.4 Å². The molecule has 0 spiro atoms. The first-order chi connectivity index (χ1) is 13.5. The molecular formula is C20H19N5O3. The minimum absolute atomic E-state index is 0.104. The number of amides is 3. The van der Waals surface area contributed by atoms with E-state index in [9.17, 15) is 9.59 Å². The first-order valence-corrected chi connectivity index (χ1v) is 8.99. The molecule has 1 unspecified atom stereocenters. The van der Waals surface area contributed by atoms with E-state index in [2.05, 4.69) is 27.4 Å². The van der Waals surface area contributed by atoms with Gasteiger partial charge < -0.3 is 9.84 Å². The molecule has 0 bridgehead atoms. The van der Waals surface area contributed by atoms with Crippen molar-refractivity contribution in [3.05, 3.63) is 65.8 Å². The summed E-state index contributed by atoms with van der Waals surface area (Å²) in [7, 11) is 0. The second-order valence-electron chi connectivity index (χ2n) is 6.72. The average Bonchev–Trinajstić information content (AvgIpc) is 3.28. The van der Waals surface area contributed by atoms with E-state index in [-0.39, 0.29) is 12.4 Å². The van der Waals surface area contributed by atoms with Gasteiger partial charge in [0.15, 0.2) is 5.54 Å². The summed E-state index contributed by atoms with van der Waals surface area (Å²) in [5.41, 5.74) is 1.26. The molecule has 1 aromatic carbocycles. The first kappa shape index (κ1) is 17.8. The number of imide groups is 1. The molecule has 1 saturated heterocycles. The number of carbonyl (C=O) groups is 2. The van der Waals surface area contributed by atoms with E-state index >= 15 is 0 Å². The summed E-state index contributed by atoms with van der Waals surface area (Å²) < 4.78 is 5.26. The maximum absolute atomic E-state index is 12.9. The highest BCUT2D eigenvalue weighted by molar-refractivity contribution is 6.06. The molecule has 3 amide bonds. The molecule has 0 saturated carbocycles. The number of benzene rings is 1. The summed E-state index contributed by atoms with van der Waals surface area (Å²) in [4.78, 5) is 34.9. The molecule has 1 aliphatic rings. The van der Waals surface area contributed by atoms with Crippen LogP contribution in [0.5, 0.6) is 0 Å². The Bertz CT molecular complexity index is 1020. The Labute approximate surface area is 161 Å². The topological polar surface area (TPSA) is 101 Å². The van der Waals surface area contributed by atoms with Gasteiger partial charge in [-0.2, -0.15) is 4.98 Å². The number of rotatable bonds is 5. The van der Waals surface area contributed by atoms with Crippen LogP contribution >= 0.6 is 0 Å². The van der Waals surface area contributed by atoms with Gasteiger partial charge in [-0.15, -0.1) is 0 Å². The molecule has 1 atom stereocenters. The van der Waals surface area contributed by atoms with Crippen molar-refractivity contribution in [2.24, 2.45) is 0 Å². The molecule has 0 aliphatic carbocycles. The zero-order valence-corrected chi connectivity index (χ0v) is 15.5. The molecule has 4 rings (SSSR count). The predicted molar refractivity (Wildman–Crippen MR) is 99.8 cm³/mol. The van der Waals surface area contributed by atoms with Gasteiger partial charge in [0, 0.05) is 11.8 Å². The highest BCUT2D eigenvalue weighted by Crippen LogP contribution is 2.28. The Hall–Kier alpha value is -3.55. The fraction of sp³-hybridized carbons (Fsp3) is 0.250. The van der Waals surface area contributed by atoms with Gasteiger partial charge in [0.05, 0.1) is 5.69 Å². The normalized spacial score (nSPS) is 19.1. The van der Waals surface area contributed by atoms with Crippen LogP contribution in [0.4, 0.5) is 4.79 Å². The molecule has 8 heteroatoms. The summed E-state index contributed by atoms with van der Waals surface area (Å²) in [6.45, 7) is 3.61. The van der Waals surface area contributed by atoms with Crippen LogP contribution < -0.4 is 5.32 Å². The van der Waals surface area contributed by atoms with Crippen molar-refractivity contribution in [1.82, 2.24) is 25.3 Å². The summed E-state index contributed by atoms with van der Waals surface area (Å²) in [6, 6.07) is 12.5. The standard InChI is InChI=1S/C20H19N5O3/c1-3-13-7-9-14(10-8-13)17-22-16(28-24-17)12-25-18(26)20(2,23-19(25)27)15-6-4-5-11-21-15/h4-11H,3,12H2,1-2H3,(H,23,27). The van der Waals surface area contributed by atoms with Crippen molar-refractivity contribution in [2.45, 2.75) is 32.4 Å². The first-order valence-electron chi connectivity index (χ1n) is 8.99. The van der Waals surface area contributed by atoms with Crippen molar-refractivity contribution in [3.63, 3.8) is 0 Å². The molecule has 3 aromatic rings. The Balaban J connectivity index is 1.54. The van der Waals surface area contributed by atoms with Crippen molar-refractivity contribution < 1.29 is 14.1 Å². The molecular weight excluding hydrogens is 358 g/mol. The van der Waals surface area contributed by atoms with Gasteiger partial charge in [0.1, 0.15) is 6.54 Å². The van der Waals surface area contributed by atoms with Crippen LogP contribution in [0, 0.1) is 0 Å². The zero-order chi connectivity index (χ0) is 19.7. The van der Waals surface area contributed by atoms with Gasteiger partial charge in [0.25, 0.3) is 5.91 Å². The number of nitrogens with zero attached hydrogens (tertiary/aromatic N) is 4. The summed E-state index contributed by atoms with van der Waals surface area (Å²) >= 11 is 0. The van der Waals surface area contributed by atoms with Gasteiger partial charge in [-0.3, -0.25) is 14.7 Å². The maximum Gasteiger partial charge on any atom is 0.325 e. The van der Waals surface area contributed by atoms with Crippen LogP contribution in [-0.2, 0) is 23.3 Å². The molecule has 3 heterocycles. The molecule has 1 aliphatic heterocycles. The number of carbonyl (C=O) groups excluding carboxylic acids is 2. The van der Waals surface area contributed by atoms with Crippen molar-refractivity contribution in [3.8, 4) is 11.4 Å². The fourth-order valence-corrected chi connectivity index (χ4v) is 3.13. The van der Waals surface area contributed by atoms with E-state index in [1.807, 2.05) is 24.3 Å². The number of nitrogens with one attached hydrogen (secondary N) is 1. The lowest BCUT2D eigenvalue weighted by molar-refractivity contribution is -0.131. The SMILES string of the molecule is CCc1ccc(-c2noc(CN3C(=O)NC(C)(c4ccccn4)C3=O)n2)cc1. The molecule has 1 N–H and O–H groups in total. The third-order valence-electron chi connectivity index (χ3n) is 4.83. The molecule has 8 nitrogen and oxygen atoms in total. The monoisotopic (exact) mass is 377 g/mol. The zero-order valence-electron chi connectivity index (χ0n) is 15.5. The summed E-state index contributed by atoms with van der Waals surface area (Å²) in [5, 5.41) is 6.66. The second-order valence-corrected chi connectivity index (χ2v) is 6.72. The average molecular weight is 377 g/mol. The molecule has 2 aromatic heterocycles. The number of pyridine rings is 1. The van der Waals surface area contributed by atoms with Gasteiger partial charge in [0.2, 0.25) is 11.7 Å². The Morgan fingerprint density at radius 3 is 2.61 bits per heavy atom. The van der Waals surface area contributed by atoms with Crippen LogP contribution in [0.2, 0.25) is 0 Å². The highest BCUT2D eigenvalue weighted by atomic mass is 16.5. The van der Waals surface area contributed by atoms with E-state index in [4.69, 9.17) is 4.52 Å². The van der Waals surface area contributed by atoms with Gasteiger partial charge in [-0.05, 0) is 31.0 Å². The largest absolute Gasteiger partial charge is 0.337 e.